The minimum absolute atomic E-state index is 0.0596. The molecule has 1 heterocycles. The third-order valence-corrected chi connectivity index (χ3v) is 4.48. The van der Waals surface area contributed by atoms with Crippen molar-refractivity contribution in [3.63, 3.8) is 0 Å². The minimum Gasteiger partial charge on any atom is -0.469 e. The normalized spacial score (nSPS) is 13.4. The Morgan fingerprint density at radius 3 is 2.75 bits per heavy atom. The van der Waals surface area contributed by atoms with E-state index in [9.17, 15) is 9.18 Å². The number of halogens is 1. The molecule has 8 heteroatoms. The summed E-state index contributed by atoms with van der Waals surface area (Å²) in [6, 6.07) is 7.72. The highest BCUT2D eigenvalue weighted by molar-refractivity contribution is 6.03. The summed E-state index contributed by atoms with van der Waals surface area (Å²) in [5, 5.41) is 11.6. The third-order valence-electron chi connectivity index (χ3n) is 4.48. The lowest BCUT2D eigenvalue weighted by Gasteiger charge is -2.25. The van der Waals surface area contributed by atoms with Gasteiger partial charge in [-0.1, -0.05) is 6.92 Å². The molecule has 0 aliphatic carbocycles. The molecule has 0 saturated heterocycles. The summed E-state index contributed by atoms with van der Waals surface area (Å²) in [7, 11) is 1.38. The summed E-state index contributed by atoms with van der Waals surface area (Å²) in [4.78, 5) is 20.9. The first-order chi connectivity index (χ1) is 13.2. The number of aromatic nitrogens is 1. The number of amides is 1. The molecule has 146 valence electrons. The van der Waals surface area contributed by atoms with Crippen LogP contribution in [0.25, 0.3) is 0 Å². The lowest BCUT2D eigenvalue weighted by atomic mass is 9.89. The molecule has 0 bridgehead atoms. The van der Waals surface area contributed by atoms with Gasteiger partial charge in [0, 0.05) is 17.4 Å². The van der Waals surface area contributed by atoms with Gasteiger partial charge in [0.05, 0.1) is 18.2 Å². The lowest BCUT2D eigenvalue weighted by molar-refractivity contribution is 0.102. The molecule has 1 aromatic heterocycles. The summed E-state index contributed by atoms with van der Waals surface area (Å²) >= 11 is 0. The molecular formula is C20H22FN5O2. The minimum atomic E-state index is -0.965. The first kappa shape index (κ1) is 20.8. The summed E-state index contributed by atoms with van der Waals surface area (Å²) in [6.45, 7) is 5.27. The van der Waals surface area contributed by atoms with E-state index < -0.39 is 17.3 Å². The van der Waals surface area contributed by atoms with Crippen LogP contribution in [0.5, 0.6) is 0 Å². The second-order valence-corrected chi connectivity index (χ2v) is 6.43. The van der Waals surface area contributed by atoms with E-state index in [1.165, 1.54) is 31.5 Å². The second kappa shape index (κ2) is 8.48. The largest absolute Gasteiger partial charge is 0.469 e. The summed E-state index contributed by atoms with van der Waals surface area (Å²) in [6.07, 6.45) is 1.79. The Kier molecular flexibility index (Phi) is 6.31. The number of carbonyl (C=O) groups is 1. The number of hydrogen-bond acceptors (Lipinski definition) is 5. The number of amidine groups is 1. The topological polar surface area (TPSA) is 113 Å². The maximum Gasteiger partial charge on any atom is 0.282 e. The van der Waals surface area contributed by atoms with Crippen molar-refractivity contribution in [1.29, 1.82) is 5.26 Å². The van der Waals surface area contributed by atoms with Crippen molar-refractivity contribution in [3.8, 4) is 6.07 Å². The molecule has 0 aliphatic heterocycles. The Labute approximate surface area is 163 Å². The molecule has 0 aliphatic rings. The number of anilines is 1. The zero-order valence-electron chi connectivity index (χ0n) is 16.2. The van der Waals surface area contributed by atoms with Gasteiger partial charge in [-0.2, -0.15) is 5.26 Å². The first-order valence-corrected chi connectivity index (χ1v) is 8.61. The highest BCUT2D eigenvalue weighted by Crippen LogP contribution is 2.33. The van der Waals surface area contributed by atoms with Gasteiger partial charge >= 0.3 is 0 Å². The van der Waals surface area contributed by atoms with Crippen molar-refractivity contribution < 1.29 is 13.9 Å². The molecule has 0 saturated carbocycles. The Balaban J connectivity index is 2.38. The highest BCUT2D eigenvalue weighted by atomic mass is 19.1. The third kappa shape index (κ3) is 4.43. The van der Waals surface area contributed by atoms with Crippen LogP contribution in [0.3, 0.4) is 0 Å². The van der Waals surface area contributed by atoms with Gasteiger partial charge in [0.1, 0.15) is 17.6 Å². The fraction of sp³-hybridized carbons (Fsp3) is 0.300. The highest BCUT2D eigenvalue weighted by Gasteiger charge is 2.28. The molecule has 1 atom stereocenters. The zero-order valence-corrected chi connectivity index (χ0v) is 16.2. The maximum absolute atomic E-state index is 14.5. The van der Waals surface area contributed by atoms with Crippen LogP contribution in [0.4, 0.5) is 10.1 Å². The van der Waals surface area contributed by atoms with E-state index >= 15 is 0 Å². The number of hydrogen-bond donors (Lipinski definition) is 2. The number of carbonyl (C=O) groups excluding carboxylic acids is 1. The number of nitrogens with zero attached hydrogens (tertiary/aromatic N) is 3. The van der Waals surface area contributed by atoms with Gasteiger partial charge < -0.3 is 15.8 Å². The number of rotatable bonds is 5. The van der Waals surface area contributed by atoms with Crippen LogP contribution in [0.2, 0.25) is 0 Å². The second-order valence-electron chi connectivity index (χ2n) is 6.43. The van der Waals surface area contributed by atoms with Gasteiger partial charge in [-0.05, 0) is 50.1 Å². The average molecular weight is 383 g/mol. The summed E-state index contributed by atoms with van der Waals surface area (Å²) in [5.41, 5.74) is 6.47. The first-order valence-electron chi connectivity index (χ1n) is 8.61. The van der Waals surface area contributed by atoms with Gasteiger partial charge in [0.2, 0.25) is 0 Å². The van der Waals surface area contributed by atoms with Gasteiger partial charge in [-0.3, -0.25) is 4.79 Å². The average Bonchev–Trinajstić information content (AvgIpc) is 2.68. The van der Waals surface area contributed by atoms with Crippen molar-refractivity contribution in [2.45, 2.75) is 32.7 Å². The van der Waals surface area contributed by atoms with Crippen LogP contribution in [-0.2, 0) is 10.3 Å². The lowest BCUT2D eigenvalue weighted by Crippen LogP contribution is -2.26. The molecule has 3 N–H and O–H groups in total. The number of nitrogens with two attached hydrogens (primary N) is 1. The van der Waals surface area contributed by atoms with Crippen LogP contribution in [-0.4, -0.2) is 24.0 Å². The quantitative estimate of drug-likeness (QED) is 0.608. The molecule has 0 fully saturated rings. The molecule has 28 heavy (non-hydrogen) atoms. The monoisotopic (exact) mass is 383 g/mol. The van der Waals surface area contributed by atoms with Crippen molar-refractivity contribution >= 4 is 17.6 Å². The number of pyridine rings is 1. The molecule has 7 nitrogen and oxygen atoms in total. The van der Waals surface area contributed by atoms with Crippen molar-refractivity contribution in [1.82, 2.24) is 4.98 Å². The van der Waals surface area contributed by atoms with Crippen LogP contribution in [0, 0.1) is 24.1 Å². The predicted molar refractivity (Wildman–Crippen MR) is 104 cm³/mol. The summed E-state index contributed by atoms with van der Waals surface area (Å²) in [5.74, 6) is -0.930. The fourth-order valence-electron chi connectivity index (χ4n) is 2.70. The Morgan fingerprint density at radius 2 is 2.18 bits per heavy atom. The number of ether oxygens (including phenoxy) is 1. The number of aryl methyl sites for hydroxylation is 1. The van der Waals surface area contributed by atoms with Crippen molar-refractivity contribution in [2.24, 2.45) is 10.7 Å². The Bertz CT molecular complexity index is 968. The van der Waals surface area contributed by atoms with E-state index in [1.54, 1.807) is 19.9 Å². The van der Waals surface area contributed by atoms with E-state index in [4.69, 9.17) is 15.7 Å². The van der Waals surface area contributed by atoms with Gasteiger partial charge in [-0.15, -0.1) is 0 Å². The standard InChI is InChI=1S/C20H22FN5O2/c1-5-20(3,26-19(23)28-4)15-9-14(6-7-16(15)21)25-18(27)17-12(2)8-13(10-22)11-24-17/h6-9,11H,5H2,1-4H3,(H2,23,26)(H,25,27)/t20-/m0/s1. The van der Waals surface area contributed by atoms with E-state index in [1.807, 2.05) is 13.0 Å². The molecule has 0 spiro atoms. The SMILES string of the molecule is CC[C@](C)(N=C(N)OC)c1cc(NC(=O)c2ncc(C#N)cc2C)ccc1F. The number of benzene rings is 1. The molecule has 1 amide bonds. The Morgan fingerprint density at radius 1 is 1.46 bits per heavy atom. The van der Waals surface area contributed by atoms with E-state index in [2.05, 4.69) is 15.3 Å². The van der Waals surface area contributed by atoms with Crippen molar-refractivity contribution in [3.05, 3.63) is 58.7 Å². The molecule has 0 unspecified atom stereocenters. The van der Waals surface area contributed by atoms with Crippen LogP contribution < -0.4 is 11.1 Å². The molecular weight excluding hydrogens is 361 g/mol. The summed E-state index contributed by atoms with van der Waals surface area (Å²) < 4.78 is 19.4. The molecule has 1 aromatic carbocycles. The van der Waals surface area contributed by atoms with Gasteiger partial charge in [0.15, 0.2) is 0 Å². The number of aliphatic imine (C=N–C) groups is 1. The smallest absolute Gasteiger partial charge is 0.282 e. The van der Waals surface area contributed by atoms with Crippen LogP contribution >= 0.6 is 0 Å². The van der Waals surface area contributed by atoms with Gasteiger partial charge in [0.25, 0.3) is 11.9 Å². The van der Waals surface area contributed by atoms with E-state index in [0.29, 0.717) is 23.2 Å². The molecule has 0 radical (unpaired) electrons. The number of methoxy groups -OCH3 is 1. The van der Waals surface area contributed by atoms with Crippen LogP contribution in [0.15, 0.2) is 35.5 Å². The maximum atomic E-state index is 14.5. The van der Waals surface area contributed by atoms with E-state index in [0.717, 1.165) is 0 Å². The predicted octanol–water partition coefficient (Wildman–Crippen LogP) is 3.24. The molecule has 2 aromatic rings. The van der Waals surface area contributed by atoms with E-state index in [-0.39, 0.29) is 17.3 Å². The Hall–Kier alpha value is -3.47. The van der Waals surface area contributed by atoms with Gasteiger partial charge in [-0.25, -0.2) is 14.4 Å². The zero-order chi connectivity index (χ0) is 20.9. The van der Waals surface area contributed by atoms with Crippen LogP contribution in [0.1, 0.15) is 47.4 Å². The fourth-order valence-corrected chi connectivity index (χ4v) is 2.70. The molecule has 2 rings (SSSR count). The van der Waals surface area contributed by atoms with Crippen molar-refractivity contribution in [2.75, 3.05) is 12.4 Å². The number of nitriles is 1. The number of nitrogens with one attached hydrogen (secondary N) is 1.